The molecule has 4 nitrogen and oxygen atoms in total. The van der Waals surface area contributed by atoms with E-state index in [0.717, 1.165) is 45.5 Å². The molecule has 69 heavy (non-hydrogen) atoms. The molecule has 11 aromatic carbocycles. The van der Waals surface area contributed by atoms with Gasteiger partial charge < -0.3 is 18.3 Å². The van der Waals surface area contributed by atoms with Gasteiger partial charge in [-0.15, -0.1) is 11.3 Å². The molecule has 0 atom stereocenters. The zero-order chi connectivity index (χ0) is 44.9. The molecular weight excluding hydrogens is 861 g/mol. The Kier molecular flexibility index (Phi) is 7.57. The van der Waals surface area contributed by atoms with Crippen molar-refractivity contribution in [3.63, 3.8) is 0 Å². The lowest BCUT2D eigenvalue weighted by molar-refractivity contribution is 0.357. The Morgan fingerprint density at radius 1 is 0.362 bits per heavy atom. The summed E-state index contributed by atoms with van der Waals surface area (Å²) in [5.41, 5.74) is 15.0. The molecule has 0 amide bonds. The molecule has 0 fully saturated rings. The fraction of sp³-hybridized carbons (Fsp3) is 0.0312. The third-order valence-electron chi connectivity index (χ3n) is 15.0. The number of benzene rings is 11. The molecular formula is C64H38N2O2S. The van der Waals surface area contributed by atoms with E-state index in [2.05, 4.69) is 215 Å². The fourth-order valence-electron chi connectivity index (χ4n) is 12.1. The van der Waals surface area contributed by atoms with Gasteiger partial charge in [-0.1, -0.05) is 103 Å². The van der Waals surface area contributed by atoms with Gasteiger partial charge in [-0.05, 0) is 131 Å². The van der Waals surface area contributed by atoms with Crippen molar-refractivity contribution >= 4 is 119 Å². The van der Waals surface area contributed by atoms with E-state index in [1.165, 1.54) is 113 Å². The highest BCUT2D eigenvalue weighted by Crippen LogP contribution is 2.52. The number of ether oxygens (including phenoxy) is 1. The average Bonchev–Trinajstić information content (AvgIpc) is 4.25. The molecule has 0 radical (unpaired) electrons. The highest BCUT2D eigenvalue weighted by molar-refractivity contribution is 7.27. The van der Waals surface area contributed by atoms with Crippen molar-refractivity contribution in [2.75, 3.05) is 6.61 Å². The molecule has 0 saturated heterocycles. The Morgan fingerprint density at radius 2 is 0.884 bits per heavy atom. The number of thiophene rings is 1. The van der Waals surface area contributed by atoms with Gasteiger partial charge in [-0.3, -0.25) is 0 Å². The van der Waals surface area contributed by atoms with Crippen LogP contribution in [0, 0.1) is 0 Å². The molecule has 1 aliphatic rings. The molecule has 15 aromatic rings. The van der Waals surface area contributed by atoms with Crippen LogP contribution in [-0.2, 0) is 6.42 Å². The number of hydrogen-bond acceptors (Lipinski definition) is 3. The monoisotopic (exact) mass is 898 g/mol. The zero-order valence-electron chi connectivity index (χ0n) is 37.2. The maximum atomic E-state index is 6.64. The van der Waals surface area contributed by atoms with Gasteiger partial charge in [0.25, 0.3) is 0 Å². The predicted octanol–water partition coefficient (Wildman–Crippen LogP) is 17.7. The Morgan fingerprint density at radius 3 is 1.52 bits per heavy atom. The summed E-state index contributed by atoms with van der Waals surface area (Å²) in [5.74, 6) is 0.997. The molecule has 0 bridgehead atoms. The number of para-hydroxylation sites is 5. The molecule has 0 N–H and O–H groups in total. The third kappa shape index (κ3) is 5.17. The van der Waals surface area contributed by atoms with Crippen LogP contribution in [0.1, 0.15) is 5.56 Å². The number of nitrogens with zero attached hydrogens (tertiary/aromatic N) is 2. The summed E-state index contributed by atoms with van der Waals surface area (Å²) in [6, 6.07) is 75.8. The minimum Gasteiger partial charge on any atom is -0.493 e. The first-order chi connectivity index (χ1) is 34.2. The highest BCUT2D eigenvalue weighted by Gasteiger charge is 2.26. The molecule has 0 aliphatic carbocycles. The fourth-order valence-corrected chi connectivity index (χ4v) is 13.4. The molecule has 0 unspecified atom stereocenters. The summed E-state index contributed by atoms with van der Waals surface area (Å²) < 4.78 is 20.3. The molecule has 5 heteroatoms. The molecule has 16 rings (SSSR count). The van der Waals surface area contributed by atoms with Gasteiger partial charge in [-0.2, -0.15) is 0 Å². The Bertz CT molecular complexity index is 4690. The van der Waals surface area contributed by atoms with Gasteiger partial charge >= 0.3 is 0 Å². The summed E-state index contributed by atoms with van der Waals surface area (Å²) in [4.78, 5) is 0. The lowest BCUT2D eigenvalue weighted by atomic mass is 9.89. The smallest absolute Gasteiger partial charge is 0.136 e. The van der Waals surface area contributed by atoms with Crippen LogP contribution in [0.4, 0.5) is 0 Å². The van der Waals surface area contributed by atoms with Crippen LogP contribution in [0.3, 0.4) is 0 Å². The second-order valence-electron chi connectivity index (χ2n) is 18.6. The van der Waals surface area contributed by atoms with Crippen molar-refractivity contribution in [1.29, 1.82) is 0 Å². The minimum atomic E-state index is 0.693. The Labute approximate surface area is 399 Å². The first-order valence-electron chi connectivity index (χ1n) is 23.8. The maximum absolute atomic E-state index is 6.64. The minimum absolute atomic E-state index is 0.693. The lowest BCUT2D eigenvalue weighted by Crippen LogP contribution is -1.93. The van der Waals surface area contributed by atoms with Crippen LogP contribution in [0.2, 0.25) is 0 Å². The van der Waals surface area contributed by atoms with Crippen LogP contribution in [0.5, 0.6) is 5.75 Å². The van der Waals surface area contributed by atoms with Gasteiger partial charge in [0.05, 0.1) is 28.7 Å². The summed E-state index contributed by atoms with van der Waals surface area (Å²) >= 11 is 1.92. The van der Waals surface area contributed by atoms with Crippen molar-refractivity contribution in [3.05, 3.63) is 212 Å². The molecule has 0 spiro atoms. The average molecular weight is 899 g/mol. The molecule has 5 heterocycles. The summed E-state index contributed by atoms with van der Waals surface area (Å²) in [6.07, 6.45) is 0.882. The van der Waals surface area contributed by atoms with Gasteiger partial charge in [0.2, 0.25) is 0 Å². The molecule has 4 aromatic heterocycles. The normalized spacial score (nSPS) is 12.9. The Balaban J connectivity index is 1.02. The first-order valence-corrected chi connectivity index (χ1v) is 24.6. The molecule has 1 aliphatic heterocycles. The highest BCUT2D eigenvalue weighted by atomic mass is 32.1. The van der Waals surface area contributed by atoms with Crippen molar-refractivity contribution < 1.29 is 9.15 Å². The van der Waals surface area contributed by atoms with Crippen molar-refractivity contribution in [2.45, 2.75) is 6.42 Å². The zero-order valence-corrected chi connectivity index (χ0v) is 38.0. The second-order valence-corrected chi connectivity index (χ2v) is 19.6. The molecule has 0 saturated carbocycles. The largest absolute Gasteiger partial charge is 0.493 e. The van der Waals surface area contributed by atoms with Crippen LogP contribution >= 0.6 is 11.3 Å². The van der Waals surface area contributed by atoms with E-state index >= 15 is 0 Å². The third-order valence-corrected chi connectivity index (χ3v) is 16.3. The van der Waals surface area contributed by atoms with Crippen LogP contribution in [-0.4, -0.2) is 15.7 Å². The number of fused-ring (bicyclic) bond motifs is 19. The van der Waals surface area contributed by atoms with E-state index < -0.39 is 0 Å². The number of hydrogen-bond donors (Lipinski definition) is 0. The first kappa shape index (κ1) is 37.5. The predicted molar refractivity (Wildman–Crippen MR) is 290 cm³/mol. The molecule has 322 valence electrons. The van der Waals surface area contributed by atoms with E-state index in [0.29, 0.717) is 6.61 Å². The maximum Gasteiger partial charge on any atom is 0.136 e. The summed E-state index contributed by atoms with van der Waals surface area (Å²) in [7, 11) is 0. The standard InChI is InChI=1S/C64H38N2O2S/c1-3-13-39(14-4-1)65-53-20-10-7-17-41(53)49-33-37(23-27-55(49)65)47-35-51-52-36-48(38-24-28-56-50(34-38)42-18-8-11-21-54(42)66(56)40-15-5-2-6-16-40)61-46(26-30-59-62(61)43-19-9-12-22-58(43)68-59)64(52)69-63(51)45-25-29-57-44(60(45)47)31-32-67-57/h1-30,33-36H,31-32H2. The lowest BCUT2D eigenvalue weighted by Gasteiger charge is -2.14. The van der Waals surface area contributed by atoms with Crippen LogP contribution < -0.4 is 4.74 Å². The van der Waals surface area contributed by atoms with Crippen molar-refractivity contribution in [3.8, 4) is 39.4 Å². The van der Waals surface area contributed by atoms with Gasteiger partial charge in [0.1, 0.15) is 16.9 Å². The van der Waals surface area contributed by atoms with Gasteiger partial charge in [-0.25, -0.2) is 0 Å². The van der Waals surface area contributed by atoms with E-state index in [9.17, 15) is 0 Å². The van der Waals surface area contributed by atoms with E-state index in [1.54, 1.807) is 0 Å². The summed E-state index contributed by atoms with van der Waals surface area (Å²) in [5, 5.41) is 14.8. The van der Waals surface area contributed by atoms with Crippen LogP contribution in [0.25, 0.3) is 141 Å². The van der Waals surface area contributed by atoms with Crippen LogP contribution in [0.15, 0.2) is 211 Å². The number of furan rings is 1. The summed E-state index contributed by atoms with van der Waals surface area (Å²) in [6.45, 7) is 0.693. The van der Waals surface area contributed by atoms with E-state index in [4.69, 9.17) is 9.15 Å². The SMILES string of the molecule is c1ccc(-n2c3ccccc3c3cc(-c4cc5c6cc(-c7ccc8c(c7)c7ccccc7n8-c7ccccc7)c7c(ccc8oc9ccccc9c87)c6sc5c5ccc6c(c45)CCO6)ccc32)cc1. The van der Waals surface area contributed by atoms with Gasteiger partial charge in [0.15, 0.2) is 0 Å². The van der Waals surface area contributed by atoms with Crippen molar-refractivity contribution in [1.82, 2.24) is 9.13 Å². The number of aromatic nitrogens is 2. The van der Waals surface area contributed by atoms with E-state index in [1.807, 2.05) is 11.3 Å². The van der Waals surface area contributed by atoms with Crippen molar-refractivity contribution in [2.24, 2.45) is 0 Å². The topological polar surface area (TPSA) is 32.2 Å². The van der Waals surface area contributed by atoms with Gasteiger partial charge in [0, 0.05) is 92.0 Å². The number of rotatable bonds is 4. The van der Waals surface area contributed by atoms with E-state index in [-0.39, 0.29) is 0 Å². The second kappa shape index (κ2) is 14.0. The quantitative estimate of drug-likeness (QED) is 0.176. The Hall–Kier alpha value is -8.64.